The molecular formula is C17H28N2. The highest BCUT2D eigenvalue weighted by atomic mass is 15.2. The second-order valence-electron chi connectivity index (χ2n) is 6.18. The minimum atomic E-state index is 0.527. The molecule has 0 bridgehead atoms. The van der Waals surface area contributed by atoms with Crippen molar-refractivity contribution >= 4 is 0 Å². The third-order valence-electron chi connectivity index (χ3n) is 4.40. The summed E-state index contributed by atoms with van der Waals surface area (Å²) in [6, 6.07) is 7.46. The van der Waals surface area contributed by atoms with E-state index in [1.165, 1.54) is 49.0 Å². The van der Waals surface area contributed by atoms with Gasteiger partial charge in [0, 0.05) is 12.6 Å². The smallest absolute Gasteiger partial charge is 0.0320 e. The minimum absolute atomic E-state index is 0.527. The first kappa shape index (κ1) is 14.5. The summed E-state index contributed by atoms with van der Waals surface area (Å²) in [4.78, 5) is 2.64. The summed E-state index contributed by atoms with van der Waals surface area (Å²) in [5, 5.41) is 0. The number of benzene rings is 1. The number of rotatable bonds is 4. The van der Waals surface area contributed by atoms with Crippen molar-refractivity contribution in [2.45, 2.75) is 46.1 Å². The van der Waals surface area contributed by atoms with Crippen molar-refractivity contribution in [3.05, 3.63) is 34.9 Å². The van der Waals surface area contributed by atoms with E-state index >= 15 is 0 Å². The van der Waals surface area contributed by atoms with Gasteiger partial charge in [0.2, 0.25) is 0 Å². The third-order valence-corrected chi connectivity index (χ3v) is 4.40. The fourth-order valence-corrected chi connectivity index (χ4v) is 3.38. The minimum Gasteiger partial charge on any atom is -0.330 e. The van der Waals surface area contributed by atoms with E-state index in [0.29, 0.717) is 6.04 Å². The molecule has 0 amide bonds. The van der Waals surface area contributed by atoms with Gasteiger partial charge in [-0.1, -0.05) is 29.3 Å². The summed E-state index contributed by atoms with van der Waals surface area (Å²) < 4.78 is 0. The Bertz CT molecular complexity index is 391. The molecule has 2 N–H and O–H groups in total. The Hall–Kier alpha value is -0.860. The zero-order valence-corrected chi connectivity index (χ0v) is 12.7. The standard InChI is InChI=1S/C17H28N2/c1-13-9-14(2)11-17(10-13)15(3)19-8-4-5-16(12-19)6-7-18/h9-11,15-16H,4-8,12,18H2,1-3H3. The predicted octanol–water partition coefficient (Wildman–Crippen LogP) is 3.43. The average molecular weight is 260 g/mol. The Morgan fingerprint density at radius 1 is 1.26 bits per heavy atom. The molecular weight excluding hydrogens is 232 g/mol. The average Bonchev–Trinajstić information content (AvgIpc) is 2.37. The number of hydrogen-bond acceptors (Lipinski definition) is 2. The van der Waals surface area contributed by atoms with Crippen LogP contribution < -0.4 is 5.73 Å². The summed E-state index contributed by atoms with van der Waals surface area (Å²) >= 11 is 0. The largest absolute Gasteiger partial charge is 0.330 e. The van der Waals surface area contributed by atoms with Gasteiger partial charge in [-0.05, 0) is 64.6 Å². The molecule has 2 rings (SSSR count). The summed E-state index contributed by atoms with van der Waals surface area (Å²) in [6.45, 7) is 10.0. The number of nitrogens with two attached hydrogens (primary N) is 1. The molecule has 19 heavy (non-hydrogen) atoms. The highest BCUT2D eigenvalue weighted by Gasteiger charge is 2.23. The Labute approximate surface area is 118 Å². The first-order chi connectivity index (χ1) is 9.10. The molecule has 2 heteroatoms. The van der Waals surface area contributed by atoms with E-state index in [1.54, 1.807) is 0 Å². The topological polar surface area (TPSA) is 29.3 Å². The number of aryl methyl sites for hydroxylation is 2. The van der Waals surface area contributed by atoms with Crippen molar-refractivity contribution in [2.24, 2.45) is 11.7 Å². The van der Waals surface area contributed by atoms with Gasteiger partial charge in [0.05, 0.1) is 0 Å². The molecule has 0 radical (unpaired) electrons. The zero-order valence-electron chi connectivity index (χ0n) is 12.7. The molecule has 0 aliphatic carbocycles. The van der Waals surface area contributed by atoms with Crippen molar-refractivity contribution in [2.75, 3.05) is 19.6 Å². The van der Waals surface area contributed by atoms with Gasteiger partial charge in [-0.15, -0.1) is 0 Å². The van der Waals surface area contributed by atoms with Gasteiger partial charge in [-0.2, -0.15) is 0 Å². The Kier molecular flexibility index (Phi) is 5.00. The first-order valence-electron chi connectivity index (χ1n) is 7.62. The van der Waals surface area contributed by atoms with Crippen molar-refractivity contribution in [1.82, 2.24) is 4.90 Å². The van der Waals surface area contributed by atoms with Gasteiger partial charge in [0.25, 0.3) is 0 Å². The molecule has 1 fully saturated rings. The SMILES string of the molecule is Cc1cc(C)cc(C(C)N2CCCC(CCN)C2)c1. The van der Waals surface area contributed by atoms with Gasteiger partial charge >= 0.3 is 0 Å². The van der Waals surface area contributed by atoms with Gasteiger partial charge in [0.15, 0.2) is 0 Å². The van der Waals surface area contributed by atoms with Gasteiger partial charge < -0.3 is 5.73 Å². The maximum absolute atomic E-state index is 5.71. The van der Waals surface area contributed by atoms with Crippen LogP contribution in [0, 0.1) is 19.8 Å². The Balaban J connectivity index is 2.07. The molecule has 1 saturated heterocycles. The van der Waals surface area contributed by atoms with Crippen LogP contribution in [0.1, 0.15) is 48.9 Å². The second kappa shape index (κ2) is 6.53. The van der Waals surface area contributed by atoms with Crippen molar-refractivity contribution in [3.63, 3.8) is 0 Å². The van der Waals surface area contributed by atoms with E-state index < -0.39 is 0 Å². The normalized spacial score (nSPS) is 22.4. The summed E-state index contributed by atoms with van der Waals surface area (Å²) in [7, 11) is 0. The lowest BCUT2D eigenvalue weighted by molar-refractivity contribution is 0.128. The van der Waals surface area contributed by atoms with Crippen LogP contribution in [-0.4, -0.2) is 24.5 Å². The summed E-state index contributed by atoms with van der Waals surface area (Å²) in [5.74, 6) is 0.798. The van der Waals surface area contributed by atoms with Crippen molar-refractivity contribution < 1.29 is 0 Å². The monoisotopic (exact) mass is 260 g/mol. The van der Waals surface area contributed by atoms with Crippen LogP contribution in [0.15, 0.2) is 18.2 Å². The number of nitrogens with zero attached hydrogens (tertiary/aromatic N) is 1. The van der Waals surface area contributed by atoms with Crippen LogP contribution in [0.4, 0.5) is 0 Å². The molecule has 1 aromatic rings. The third kappa shape index (κ3) is 3.80. The van der Waals surface area contributed by atoms with Crippen LogP contribution in [0.2, 0.25) is 0 Å². The maximum Gasteiger partial charge on any atom is 0.0320 e. The molecule has 1 aliphatic rings. The molecule has 0 aromatic heterocycles. The van der Waals surface area contributed by atoms with Gasteiger partial charge in [-0.3, -0.25) is 4.90 Å². The molecule has 1 aromatic carbocycles. The fraction of sp³-hybridized carbons (Fsp3) is 0.647. The first-order valence-corrected chi connectivity index (χ1v) is 7.62. The van der Waals surface area contributed by atoms with E-state index in [0.717, 1.165) is 12.5 Å². The molecule has 2 atom stereocenters. The van der Waals surface area contributed by atoms with Gasteiger partial charge in [0.1, 0.15) is 0 Å². The second-order valence-corrected chi connectivity index (χ2v) is 6.18. The molecule has 1 aliphatic heterocycles. The molecule has 0 saturated carbocycles. The summed E-state index contributed by atoms with van der Waals surface area (Å²) in [5.41, 5.74) is 9.92. The van der Waals surface area contributed by atoms with Crippen LogP contribution in [-0.2, 0) is 0 Å². The van der Waals surface area contributed by atoms with Crippen LogP contribution >= 0.6 is 0 Å². The molecule has 1 heterocycles. The number of piperidine rings is 1. The van der Waals surface area contributed by atoms with Crippen molar-refractivity contribution in [3.8, 4) is 0 Å². The number of likely N-dealkylation sites (tertiary alicyclic amines) is 1. The van der Waals surface area contributed by atoms with Crippen LogP contribution in [0.25, 0.3) is 0 Å². The van der Waals surface area contributed by atoms with E-state index in [2.05, 4.69) is 43.9 Å². The fourth-order valence-electron chi connectivity index (χ4n) is 3.38. The van der Waals surface area contributed by atoms with Gasteiger partial charge in [-0.25, -0.2) is 0 Å². The molecule has 2 unspecified atom stereocenters. The van der Waals surface area contributed by atoms with Crippen molar-refractivity contribution in [1.29, 1.82) is 0 Å². The van der Waals surface area contributed by atoms with Crippen LogP contribution in [0.5, 0.6) is 0 Å². The lowest BCUT2D eigenvalue weighted by Crippen LogP contribution is -2.37. The van der Waals surface area contributed by atoms with Crippen LogP contribution in [0.3, 0.4) is 0 Å². The summed E-state index contributed by atoms with van der Waals surface area (Å²) in [6.07, 6.45) is 3.85. The van der Waals surface area contributed by atoms with E-state index in [4.69, 9.17) is 5.73 Å². The lowest BCUT2D eigenvalue weighted by Gasteiger charge is -2.37. The highest BCUT2D eigenvalue weighted by Crippen LogP contribution is 2.28. The lowest BCUT2D eigenvalue weighted by atomic mass is 9.92. The Morgan fingerprint density at radius 3 is 2.58 bits per heavy atom. The molecule has 0 spiro atoms. The Morgan fingerprint density at radius 2 is 1.95 bits per heavy atom. The zero-order chi connectivity index (χ0) is 13.8. The highest BCUT2D eigenvalue weighted by molar-refractivity contribution is 5.30. The number of hydrogen-bond donors (Lipinski definition) is 1. The molecule has 2 nitrogen and oxygen atoms in total. The van der Waals surface area contributed by atoms with E-state index in [-0.39, 0.29) is 0 Å². The predicted molar refractivity (Wildman–Crippen MR) is 82.3 cm³/mol. The molecule has 106 valence electrons. The van der Waals surface area contributed by atoms with E-state index in [9.17, 15) is 0 Å². The quantitative estimate of drug-likeness (QED) is 0.898. The van der Waals surface area contributed by atoms with E-state index in [1.807, 2.05) is 0 Å². The maximum atomic E-state index is 5.71.